The number of benzene rings is 2. The van der Waals surface area contributed by atoms with Gasteiger partial charge in [-0.2, -0.15) is 0 Å². The summed E-state index contributed by atoms with van der Waals surface area (Å²) in [4.78, 5) is 28.3. The van der Waals surface area contributed by atoms with Crippen LogP contribution in [0.3, 0.4) is 0 Å². The molecule has 2 aliphatic rings. The van der Waals surface area contributed by atoms with Crippen molar-refractivity contribution in [3.05, 3.63) is 63.9 Å². The van der Waals surface area contributed by atoms with Crippen LogP contribution in [0.25, 0.3) is 0 Å². The van der Waals surface area contributed by atoms with Crippen LogP contribution in [-0.2, 0) is 22.6 Å². The monoisotopic (exact) mass is 505 g/mol. The third-order valence-corrected chi connectivity index (χ3v) is 6.81. The van der Waals surface area contributed by atoms with Gasteiger partial charge in [-0.25, -0.2) is 9.18 Å². The Morgan fingerprint density at radius 2 is 1.94 bits per heavy atom. The first-order chi connectivity index (χ1) is 16.8. The second kappa shape index (κ2) is 10.8. The predicted octanol–water partition coefficient (Wildman–Crippen LogP) is 3.59. The highest BCUT2D eigenvalue weighted by Crippen LogP contribution is 2.34. The number of nitrogens with zero attached hydrogens (tertiary/aromatic N) is 2. The van der Waals surface area contributed by atoms with Crippen molar-refractivity contribution in [3.63, 3.8) is 0 Å². The van der Waals surface area contributed by atoms with Gasteiger partial charge in [-0.05, 0) is 29.8 Å². The van der Waals surface area contributed by atoms with Gasteiger partial charge in [-0.3, -0.25) is 9.69 Å². The molecule has 35 heavy (non-hydrogen) atoms. The molecule has 0 aliphatic carbocycles. The molecule has 8 nitrogen and oxygen atoms in total. The van der Waals surface area contributed by atoms with Crippen molar-refractivity contribution < 1.29 is 28.2 Å². The van der Waals surface area contributed by atoms with E-state index in [9.17, 15) is 14.0 Å². The first-order valence-corrected chi connectivity index (χ1v) is 11.8. The van der Waals surface area contributed by atoms with Crippen molar-refractivity contribution in [2.75, 3.05) is 39.9 Å². The normalized spacial score (nSPS) is 17.6. The highest BCUT2D eigenvalue weighted by Gasteiger charge is 2.46. The Labute approximate surface area is 208 Å². The average molecular weight is 506 g/mol. The van der Waals surface area contributed by atoms with E-state index in [1.165, 1.54) is 18.2 Å². The lowest BCUT2D eigenvalue weighted by molar-refractivity contribution is -0.00125. The minimum atomic E-state index is -0.655. The molecule has 188 valence electrons. The maximum absolute atomic E-state index is 13.1. The standard InChI is InChI=1S/C25H29ClFN3O5/c1-33-15-18-12-22(20(23(28)31)13-21(18)26)34-11-10-30-16-25(35-24(30)32)6-8-29(9-7-25)14-17-2-4-19(27)5-3-17/h2-5,12-13H,6-11,14-16H2,1H3,(H2,28,31). The number of hydrogen-bond acceptors (Lipinski definition) is 6. The number of primary amides is 1. The molecule has 0 saturated carbocycles. The first kappa shape index (κ1) is 25.2. The molecule has 2 amide bonds. The fourth-order valence-corrected chi connectivity index (χ4v) is 4.75. The van der Waals surface area contributed by atoms with Gasteiger partial charge in [-0.15, -0.1) is 0 Å². The molecule has 4 rings (SSSR count). The Morgan fingerprint density at radius 3 is 2.60 bits per heavy atom. The molecule has 0 bridgehead atoms. The molecule has 0 atom stereocenters. The van der Waals surface area contributed by atoms with E-state index in [4.69, 9.17) is 31.5 Å². The Kier molecular flexibility index (Phi) is 7.78. The number of rotatable bonds is 9. The van der Waals surface area contributed by atoms with E-state index in [2.05, 4.69) is 4.90 Å². The predicted molar refractivity (Wildman–Crippen MR) is 128 cm³/mol. The number of halogens is 2. The second-order valence-corrected chi connectivity index (χ2v) is 9.37. The summed E-state index contributed by atoms with van der Waals surface area (Å²) in [5.74, 6) is -0.603. The fraction of sp³-hybridized carbons (Fsp3) is 0.440. The van der Waals surface area contributed by atoms with Crippen LogP contribution in [0, 0.1) is 5.82 Å². The molecule has 2 heterocycles. The van der Waals surface area contributed by atoms with Crippen LogP contribution in [0.5, 0.6) is 5.75 Å². The smallest absolute Gasteiger partial charge is 0.410 e. The number of ether oxygens (including phenoxy) is 3. The molecule has 2 aromatic rings. The molecule has 10 heteroatoms. The van der Waals surface area contributed by atoms with E-state index in [1.54, 1.807) is 30.2 Å². The highest BCUT2D eigenvalue weighted by molar-refractivity contribution is 6.31. The van der Waals surface area contributed by atoms with Crippen molar-refractivity contribution >= 4 is 23.6 Å². The van der Waals surface area contributed by atoms with Gasteiger partial charge in [0.05, 0.1) is 25.3 Å². The van der Waals surface area contributed by atoms with Crippen LogP contribution < -0.4 is 10.5 Å². The summed E-state index contributed by atoms with van der Waals surface area (Å²) in [6.45, 7) is 3.51. The number of likely N-dealkylation sites (tertiary alicyclic amines) is 1. The van der Waals surface area contributed by atoms with E-state index in [0.29, 0.717) is 29.4 Å². The summed E-state index contributed by atoms with van der Waals surface area (Å²) in [6, 6.07) is 9.61. The molecule has 0 unspecified atom stereocenters. The molecule has 1 spiro atoms. The molecule has 0 radical (unpaired) electrons. The van der Waals surface area contributed by atoms with Crippen LogP contribution in [0.1, 0.15) is 34.3 Å². The van der Waals surface area contributed by atoms with Gasteiger partial charge in [0.25, 0.3) is 5.91 Å². The van der Waals surface area contributed by atoms with Crippen molar-refractivity contribution in [2.24, 2.45) is 5.73 Å². The molecule has 2 aliphatic heterocycles. The number of carbonyl (C=O) groups excluding carboxylic acids is 2. The Morgan fingerprint density at radius 1 is 1.23 bits per heavy atom. The summed E-state index contributed by atoms with van der Waals surface area (Å²) in [5.41, 5.74) is 6.85. The Hall–Kier alpha value is -2.88. The van der Waals surface area contributed by atoms with Gasteiger partial charge in [0.1, 0.15) is 23.8 Å². The SMILES string of the molecule is COCc1cc(OCCN2CC3(CCN(Cc4ccc(F)cc4)CC3)OC2=O)c(C(N)=O)cc1Cl. The zero-order valence-corrected chi connectivity index (χ0v) is 20.4. The van der Waals surface area contributed by atoms with Crippen molar-refractivity contribution in [1.29, 1.82) is 0 Å². The van der Waals surface area contributed by atoms with Crippen molar-refractivity contribution in [2.45, 2.75) is 31.6 Å². The van der Waals surface area contributed by atoms with E-state index in [0.717, 1.165) is 38.0 Å². The maximum atomic E-state index is 13.1. The van der Waals surface area contributed by atoms with Crippen LogP contribution in [0.15, 0.2) is 36.4 Å². The molecular weight excluding hydrogens is 477 g/mol. The number of methoxy groups -OCH3 is 1. The van der Waals surface area contributed by atoms with Crippen LogP contribution in [0.2, 0.25) is 5.02 Å². The van der Waals surface area contributed by atoms with Gasteiger partial charge in [0.15, 0.2) is 0 Å². The van der Waals surface area contributed by atoms with E-state index >= 15 is 0 Å². The van der Waals surface area contributed by atoms with Gasteiger partial charge < -0.3 is 24.8 Å². The van der Waals surface area contributed by atoms with E-state index in [-0.39, 0.29) is 30.7 Å². The Bertz CT molecular complexity index is 1070. The molecule has 2 N–H and O–H groups in total. The summed E-state index contributed by atoms with van der Waals surface area (Å²) in [6.07, 6.45) is 1.08. The van der Waals surface area contributed by atoms with E-state index in [1.807, 2.05) is 0 Å². The van der Waals surface area contributed by atoms with Crippen LogP contribution in [0.4, 0.5) is 9.18 Å². The summed E-state index contributed by atoms with van der Waals surface area (Å²) in [7, 11) is 1.54. The highest BCUT2D eigenvalue weighted by atomic mass is 35.5. The molecule has 2 aromatic carbocycles. The van der Waals surface area contributed by atoms with Crippen LogP contribution in [-0.4, -0.2) is 67.3 Å². The number of carbonyl (C=O) groups is 2. The summed E-state index contributed by atoms with van der Waals surface area (Å²) >= 11 is 6.19. The van der Waals surface area contributed by atoms with Gasteiger partial charge in [0.2, 0.25) is 0 Å². The third-order valence-electron chi connectivity index (χ3n) is 6.46. The van der Waals surface area contributed by atoms with Gasteiger partial charge in [-0.1, -0.05) is 23.7 Å². The average Bonchev–Trinajstić information content (AvgIpc) is 3.13. The fourth-order valence-electron chi connectivity index (χ4n) is 4.53. The largest absolute Gasteiger partial charge is 0.491 e. The minimum Gasteiger partial charge on any atom is -0.491 e. The number of nitrogens with two attached hydrogens (primary N) is 1. The van der Waals surface area contributed by atoms with Crippen molar-refractivity contribution in [1.82, 2.24) is 9.80 Å². The molecular formula is C25H29ClFN3O5. The molecule has 2 fully saturated rings. The summed E-state index contributed by atoms with van der Waals surface area (Å²) in [5, 5.41) is 0.365. The maximum Gasteiger partial charge on any atom is 0.410 e. The van der Waals surface area contributed by atoms with Gasteiger partial charge in [0, 0.05) is 50.2 Å². The van der Waals surface area contributed by atoms with Crippen LogP contribution >= 0.6 is 11.6 Å². The van der Waals surface area contributed by atoms with Crippen molar-refractivity contribution in [3.8, 4) is 5.75 Å². The lowest BCUT2D eigenvalue weighted by Gasteiger charge is -2.37. The number of amides is 2. The van der Waals surface area contributed by atoms with E-state index < -0.39 is 11.5 Å². The quantitative estimate of drug-likeness (QED) is 0.559. The lowest BCUT2D eigenvalue weighted by atomic mass is 9.91. The minimum absolute atomic E-state index is 0.163. The molecule has 0 aromatic heterocycles. The number of piperidine rings is 1. The van der Waals surface area contributed by atoms with Gasteiger partial charge >= 0.3 is 6.09 Å². The number of hydrogen-bond donors (Lipinski definition) is 1. The third kappa shape index (κ3) is 6.04. The summed E-state index contributed by atoms with van der Waals surface area (Å²) < 4.78 is 29.9. The zero-order valence-electron chi connectivity index (χ0n) is 19.6. The first-order valence-electron chi connectivity index (χ1n) is 11.5. The Balaban J connectivity index is 1.30. The topological polar surface area (TPSA) is 94.3 Å². The molecule has 2 saturated heterocycles. The zero-order chi connectivity index (χ0) is 25.0. The second-order valence-electron chi connectivity index (χ2n) is 8.96. The lowest BCUT2D eigenvalue weighted by Crippen LogP contribution is -2.46.